The molecular weight excluding hydrogens is 1120 g/mol. The van der Waals surface area contributed by atoms with Crippen molar-refractivity contribution >= 4 is 83.5 Å². The number of fused-ring (bicyclic) bond motifs is 2. The number of methoxy groups -OCH3 is 6. The molecule has 446 valence electrons. The maximum absolute atomic E-state index is 12.1. The van der Waals surface area contributed by atoms with Crippen LogP contribution < -0.4 is 70.2 Å². The molecule has 2 aliphatic rings. The molecule has 0 spiro atoms. The fourth-order valence-electron chi connectivity index (χ4n) is 9.15. The van der Waals surface area contributed by atoms with Crippen LogP contribution in [0.5, 0.6) is 46.0 Å². The number of primary amides is 2. The Balaban J connectivity index is 0.000000207. The normalized spacial score (nSPS) is 14.3. The highest BCUT2D eigenvalue weighted by atomic mass is 35.5. The third-order valence-corrected chi connectivity index (χ3v) is 13.0. The number of amides is 2. The summed E-state index contributed by atoms with van der Waals surface area (Å²) in [5.74, 6) is 6.58. The van der Waals surface area contributed by atoms with Gasteiger partial charge in [0.05, 0.1) is 95.7 Å². The van der Waals surface area contributed by atoms with Crippen LogP contribution in [-0.4, -0.2) is 138 Å². The summed E-state index contributed by atoms with van der Waals surface area (Å²) in [6, 6.07) is 18.1. The number of rotatable bonds is 19. The van der Waals surface area contributed by atoms with Crippen LogP contribution in [0.2, 0.25) is 5.28 Å². The van der Waals surface area contributed by atoms with Gasteiger partial charge >= 0.3 is 0 Å². The van der Waals surface area contributed by atoms with E-state index in [4.69, 9.17) is 70.9 Å². The molecule has 0 radical (unpaired) electrons. The van der Waals surface area contributed by atoms with Gasteiger partial charge in [0.15, 0.2) is 23.0 Å². The summed E-state index contributed by atoms with van der Waals surface area (Å²) in [6.45, 7) is 9.44. The van der Waals surface area contributed by atoms with E-state index in [0.717, 1.165) is 48.0 Å². The first-order valence-corrected chi connectivity index (χ1v) is 27.5. The van der Waals surface area contributed by atoms with Gasteiger partial charge in [-0.1, -0.05) is 0 Å². The van der Waals surface area contributed by atoms with E-state index >= 15 is 0 Å². The van der Waals surface area contributed by atoms with Crippen LogP contribution in [0, 0.1) is 0 Å². The molecule has 8 aromatic rings. The largest absolute Gasteiger partial charge is 0.493 e. The summed E-state index contributed by atoms with van der Waals surface area (Å²) in [5, 5.41) is 11.2. The van der Waals surface area contributed by atoms with Crippen LogP contribution in [-0.2, 0) is 9.59 Å². The van der Waals surface area contributed by atoms with Crippen molar-refractivity contribution in [3.8, 4) is 57.4 Å². The molecule has 2 saturated heterocycles. The van der Waals surface area contributed by atoms with Gasteiger partial charge in [0.25, 0.3) is 0 Å². The highest BCUT2D eigenvalue weighted by Gasteiger charge is 2.32. The van der Waals surface area contributed by atoms with Gasteiger partial charge in [-0.05, 0) is 105 Å². The molecule has 10 rings (SSSR count). The number of ether oxygens (including phenoxy) is 8. The maximum Gasteiger partial charge on any atom is 0.240 e. The Hall–Kier alpha value is -8.93. The molecule has 0 bridgehead atoms. The summed E-state index contributed by atoms with van der Waals surface area (Å²) in [4.78, 5) is 51.6. The second-order valence-corrected chi connectivity index (χ2v) is 20.1. The molecule has 4 aromatic heterocycles. The first-order chi connectivity index (χ1) is 40.4. The molecule has 27 heteroatoms. The zero-order valence-corrected chi connectivity index (χ0v) is 50.5. The predicted octanol–water partition coefficient (Wildman–Crippen LogP) is 9.02. The van der Waals surface area contributed by atoms with Crippen molar-refractivity contribution in [2.45, 2.75) is 77.7 Å². The second kappa shape index (κ2) is 29.4. The maximum atomic E-state index is 12.1. The van der Waals surface area contributed by atoms with Gasteiger partial charge in [0, 0.05) is 60.8 Å². The average molecular weight is 1190 g/mol. The highest BCUT2D eigenvalue weighted by molar-refractivity contribution is 7.03. The first-order valence-electron chi connectivity index (χ1n) is 26.6. The molecule has 4 aromatic carbocycles. The Kier molecular flexibility index (Phi) is 21.9. The molecule has 6 heterocycles. The summed E-state index contributed by atoms with van der Waals surface area (Å²) >= 11 is 6.18. The lowest BCUT2D eigenvalue weighted by Crippen LogP contribution is -2.41. The Bertz CT molecular complexity index is 3510. The van der Waals surface area contributed by atoms with Crippen LogP contribution in [0.4, 0.5) is 29.2 Å². The van der Waals surface area contributed by atoms with E-state index in [-0.39, 0.29) is 29.4 Å². The number of imidazole rings is 2. The van der Waals surface area contributed by atoms with Gasteiger partial charge in [-0.2, -0.15) is 9.97 Å². The second-order valence-electron chi connectivity index (χ2n) is 19.3. The van der Waals surface area contributed by atoms with E-state index in [9.17, 15) is 9.59 Å². The molecule has 7 N–H and O–H groups in total. The van der Waals surface area contributed by atoms with Crippen LogP contribution in [0.25, 0.3) is 33.2 Å². The lowest BCUT2D eigenvalue weighted by molar-refractivity contribution is -0.120. The van der Waals surface area contributed by atoms with Crippen LogP contribution in [0.1, 0.15) is 53.4 Å². The number of carbonyl (C=O) groups excluding carboxylic acids is 2. The number of benzene rings is 4. The zero-order chi connectivity index (χ0) is 60.6. The molecule has 25 nitrogen and oxygen atoms in total. The number of nitrogens with two attached hydrogens (primary N) is 2. The van der Waals surface area contributed by atoms with E-state index in [2.05, 4.69) is 49.7 Å². The topological polar surface area (TPSA) is 299 Å². The molecule has 2 fully saturated rings. The number of halogens is 1. The molecule has 2 atom stereocenters. The van der Waals surface area contributed by atoms with Gasteiger partial charge in [-0.3, -0.25) is 14.3 Å². The fraction of sp³-hybridized carbons (Fsp3) is 0.368. The molecule has 0 aliphatic carbocycles. The fourth-order valence-corrected chi connectivity index (χ4v) is 9.33. The molecular formula is C57H71ClN15O10P. The minimum Gasteiger partial charge on any atom is -0.493 e. The third kappa shape index (κ3) is 15.6. The monoisotopic (exact) mass is 1190 g/mol. The van der Waals surface area contributed by atoms with Crippen molar-refractivity contribution in [3.63, 3.8) is 0 Å². The van der Waals surface area contributed by atoms with Crippen LogP contribution >= 0.6 is 20.6 Å². The highest BCUT2D eigenvalue weighted by Crippen LogP contribution is 2.41. The lowest BCUT2D eigenvalue weighted by atomic mass is 10.2. The number of nitrogens with one attached hydrogen (secondary N) is 3. The van der Waals surface area contributed by atoms with E-state index < -0.39 is 11.9 Å². The molecule has 0 saturated carbocycles. The van der Waals surface area contributed by atoms with Crippen molar-refractivity contribution in [1.82, 2.24) is 44.4 Å². The minimum atomic E-state index is -0.459. The number of hydrogen-bond acceptors (Lipinski definition) is 21. The Labute approximate surface area is 493 Å². The molecule has 2 amide bonds. The van der Waals surface area contributed by atoms with E-state index in [1.165, 1.54) is 0 Å². The smallest absolute Gasteiger partial charge is 0.240 e. The molecule has 0 unspecified atom stereocenters. The summed E-state index contributed by atoms with van der Waals surface area (Å²) in [7, 11) is 13.9. The molecule has 2 aliphatic heterocycles. The van der Waals surface area contributed by atoms with Gasteiger partial charge in [-0.15, -0.1) is 0 Å². The van der Waals surface area contributed by atoms with Crippen LogP contribution in [0.15, 0.2) is 90.5 Å². The number of nitrogens with zero attached hydrogens (tertiary/aromatic N) is 10. The van der Waals surface area contributed by atoms with E-state index in [1.807, 2.05) is 115 Å². The quantitative estimate of drug-likeness (QED) is 0.0372. The first kappa shape index (κ1) is 62.7. The summed E-state index contributed by atoms with van der Waals surface area (Å²) in [5.41, 5.74) is 13.6. The van der Waals surface area contributed by atoms with Crippen molar-refractivity contribution in [2.24, 2.45) is 16.2 Å². The zero-order valence-electron chi connectivity index (χ0n) is 48.7. The van der Waals surface area contributed by atoms with Crippen LogP contribution in [0.3, 0.4) is 0 Å². The minimum absolute atomic E-state index is 0.00773. The lowest BCUT2D eigenvalue weighted by Gasteiger charge is -2.23. The van der Waals surface area contributed by atoms with Gasteiger partial charge in [0.2, 0.25) is 34.5 Å². The third-order valence-electron chi connectivity index (χ3n) is 12.8. The summed E-state index contributed by atoms with van der Waals surface area (Å²) in [6.07, 6.45) is 10.5. The summed E-state index contributed by atoms with van der Waals surface area (Å²) < 4.78 is 51.3. The van der Waals surface area contributed by atoms with Gasteiger partial charge in [0.1, 0.15) is 53.5 Å². The number of hydrogen-bond donors (Lipinski definition) is 5. The number of carbonyl (C=O) groups is 2. The Morgan fingerprint density at radius 3 is 1.51 bits per heavy atom. The number of anilines is 5. The Morgan fingerprint density at radius 1 is 0.655 bits per heavy atom. The van der Waals surface area contributed by atoms with Crippen molar-refractivity contribution < 1.29 is 47.5 Å². The number of aromatic nitrogens is 8. The SMILES string of the molecule is CN=P.COc1cc(-n2cnc(Nc3nc(Cl)nc4cc(OC(C)C)ccc34)c2)cc(OC)c1OC.COc1cc(-n2cnc(Nc3nc(N4CCC[C@H]4C(N)=O)nc4cc(OC(C)C)ccc34)c2)cc(OC)c1OC.NC(=O)[C@@H]1CCCN1. The van der Waals surface area contributed by atoms with Crippen molar-refractivity contribution in [2.75, 3.05) is 78.3 Å². The Morgan fingerprint density at radius 2 is 1.12 bits per heavy atom. The van der Waals surface area contributed by atoms with Gasteiger partial charge in [-0.25, -0.2) is 19.9 Å². The predicted molar refractivity (Wildman–Crippen MR) is 325 cm³/mol. The van der Waals surface area contributed by atoms with Crippen molar-refractivity contribution in [3.05, 3.63) is 91.0 Å². The van der Waals surface area contributed by atoms with Gasteiger partial charge < -0.3 is 79.3 Å². The average Bonchev–Trinajstić information content (AvgIpc) is 3.99. The van der Waals surface area contributed by atoms with E-state index in [0.29, 0.717) is 99.2 Å². The van der Waals surface area contributed by atoms with Crippen molar-refractivity contribution in [1.29, 1.82) is 0 Å². The standard InChI is InChI=1S/C28H33N7O5.C23H24ClN5O4.C5H10N2O.CH4NP/c1-16(2)40-18-8-9-19-20(13-18)31-28(35-10-6-7-21(35)26(29)36)33-27(19)32-24-14-34(15-30-24)17-11-22(37-3)25(39-5)23(12-17)38-4;1-13(2)33-15-6-7-16-17(10-15)26-23(24)28-22(16)27-20-11-29(12-25-20)14-8-18(30-3)21(32-5)19(9-14)31-4;6-5(8)4-2-1-3-7-4;1-2-3/h8-9,11-16,21H,6-7,10H2,1-5H3,(H2,29,36)(H,31,32,33);6-13H,1-5H3,(H,26,27,28);4,7H,1-3H2,(H2,6,8);3H,1H3/t21-;;4-;/m0.0./s1. The van der Waals surface area contributed by atoms with E-state index in [1.54, 1.807) is 62.4 Å². The molecule has 84 heavy (non-hydrogen) atoms.